The molecule has 2 heterocycles. The number of nitrogens with one attached hydrogen (secondary N) is 2. The second kappa shape index (κ2) is 4.85. The Labute approximate surface area is 111 Å². The van der Waals surface area contributed by atoms with Crippen LogP contribution < -0.4 is 5.73 Å². The molecule has 0 amide bonds. The van der Waals surface area contributed by atoms with Gasteiger partial charge in [-0.3, -0.25) is 5.10 Å². The van der Waals surface area contributed by atoms with Crippen LogP contribution in [0.2, 0.25) is 0 Å². The molecular formula is C14H17N5. The standard InChI is InChI=1S/C14H17N5/c1-2-13-17-14(19-18-13)11(15)7-9-8-16-12-6-4-3-5-10(9)12/h3-6,8,11,16H,2,7,15H2,1H3,(H,17,18,19)/t11-/m0/s1. The van der Waals surface area contributed by atoms with Gasteiger partial charge >= 0.3 is 0 Å². The van der Waals surface area contributed by atoms with E-state index in [4.69, 9.17) is 5.73 Å². The van der Waals surface area contributed by atoms with Gasteiger partial charge in [0.1, 0.15) is 5.82 Å². The van der Waals surface area contributed by atoms with Crippen molar-refractivity contribution in [2.24, 2.45) is 5.73 Å². The maximum atomic E-state index is 6.19. The number of nitrogens with two attached hydrogens (primary N) is 1. The van der Waals surface area contributed by atoms with Gasteiger partial charge in [0.2, 0.25) is 0 Å². The fourth-order valence-corrected chi connectivity index (χ4v) is 2.26. The molecule has 3 rings (SSSR count). The van der Waals surface area contributed by atoms with Crippen LogP contribution >= 0.6 is 0 Å². The second-order valence-corrected chi connectivity index (χ2v) is 4.66. The zero-order valence-electron chi connectivity index (χ0n) is 10.9. The van der Waals surface area contributed by atoms with Crippen molar-refractivity contribution in [2.45, 2.75) is 25.8 Å². The molecule has 0 aliphatic heterocycles. The summed E-state index contributed by atoms with van der Waals surface area (Å²) in [5.41, 5.74) is 8.52. The first-order valence-corrected chi connectivity index (χ1v) is 6.49. The number of nitrogens with zero attached hydrogens (tertiary/aromatic N) is 2. The van der Waals surface area contributed by atoms with Crippen molar-refractivity contribution in [3.63, 3.8) is 0 Å². The van der Waals surface area contributed by atoms with Crippen molar-refractivity contribution in [1.82, 2.24) is 20.2 Å². The summed E-state index contributed by atoms with van der Waals surface area (Å²) in [5, 5.41) is 8.29. The first kappa shape index (κ1) is 11.9. The first-order valence-electron chi connectivity index (χ1n) is 6.49. The quantitative estimate of drug-likeness (QED) is 0.667. The van der Waals surface area contributed by atoms with Gasteiger partial charge in [-0.25, -0.2) is 4.98 Å². The van der Waals surface area contributed by atoms with Gasteiger partial charge in [-0.2, -0.15) is 5.10 Å². The summed E-state index contributed by atoms with van der Waals surface area (Å²) >= 11 is 0. The van der Waals surface area contributed by atoms with Crippen LogP contribution in [0.5, 0.6) is 0 Å². The Morgan fingerprint density at radius 3 is 2.95 bits per heavy atom. The van der Waals surface area contributed by atoms with Gasteiger partial charge in [0, 0.05) is 23.5 Å². The molecular weight excluding hydrogens is 238 g/mol. The number of aromatic amines is 2. The molecule has 0 spiro atoms. The maximum absolute atomic E-state index is 6.19. The highest BCUT2D eigenvalue weighted by atomic mass is 15.2. The molecule has 98 valence electrons. The number of benzene rings is 1. The Balaban J connectivity index is 1.84. The first-order chi connectivity index (χ1) is 9.28. The van der Waals surface area contributed by atoms with Crippen molar-refractivity contribution < 1.29 is 0 Å². The monoisotopic (exact) mass is 255 g/mol. The van der Waals surface area contributed by atoms with E-state index >= 15 is 0 Å². The highest BCUT2D eigenvalue weighted by molar-refractivity contribution is 5.83. The van der Waals surface area contributed by atoms with Gasteiger partial charge in [-0.15, -0.1) is 0 Å². The van der Waals surface area contributed by atoms with Gasteiger partial charge in [0.25, 0.3) is 0 Å². The highest BCUT2D eigenvalue weighted by Gasteiger charge is 2.14. The average Bonchev–Trinajstić information content (AvgIpc) is 3.06. The molecule has 0 saturated carbocycles. The van der Waals surface area contributed by atoms with Crippen molar-refractivity contribution in [1.29, 1.82) is 0 Å². The van der Waals surface area contributed by atoms with E-state index in [0.29, 0.717) is 5.82 Å². The van der Waals surface area contributed by atoms with Crippen LogP contribution in [-0.2, 0) is 12.8 Å². The molecule has 19 heavy (non-hydrogen) atoms. The minimum atomic E-state index is -0.184. The minimum absolute atomic E-state index is 0.184. The molecule has 0 aliphatic carbocycles. The van der Waals surface area contributed by atoms with E-state index in [1.54, 1.807) is 0 Å². The lowest BCUT2D eigenvalue weighted by molar-refractivity contribution is 0.673. The Kier molecular flexibility index (Phi) is 3.05. The predicted octanol–water partition coefficient (Wildman–Crippen LogP) is 2.09. The van der Waals surface area contributed by atoms with E-state index in [1.165, 1.54) is 10.9 Å². The van der Waals surface area contributed by atoms with Crippen LogP contribution in [0.1, 0.15) is 30.2 Å². The summed E-state index contributed by atoms with van der Waals surface area (Å²) in [6, 6.07) is 8.03. The summed E-state index contributed by atoms with van der Waals surface area (Å²) in [6.45, 7) is 2.04. The smallest absolute Gasteiger partial charge is 0.167 e. The van der Waals surface area contributed by atoms with E-state index in [-0.39, 0.29) is 6.04 Å². The summed E-state index contributed by atoms with van der Waals surface area (Å²) in [4.78, 5) is 7.64. The van der Waals surface area contributed by atoms with E-state index < -0.39 is 0 Å². The topological polar surface area (TPSA) is 83.4 Å². The average molecular weight is 255 g/mol. The highest BCUT2D eigenvalue weighted by Crippen LogP contribution is 2.21. The van der Waals surface area contributed by atoms with E-state index in [2.05, 4.69) is 32.3 Å². The minimum Gasteiger partial charge on any atom is -0.361 e. The third-order valence-corrected chi connectivity index (χ3v) is 3.33. The molecule has 1 aromatic carbocycles. The number of fused-ring (bicyclic) bond motifs is 1. The molecule has 0 aliphatic rings. The summed E-state index contributed by atoms with van der Waals surface area (Å²) in [7, 11) is 0. The third-order valence-electron chi connectivity index (χ3n) is 3.33. The van der Waals surface area contributed by atoms with Crippen molar-refractivity contribution in [2.75, 3.05) is 0 Å². The molecule has 5 heteroatoms. The fraction of sp³-hybridized carbons (Fsp3) is 0.286. The van der Waals surface area contributed by atoms with Gasteiger partial charge in [0.15, 0.2) is 5.82 Å². The molecule has 0 unspecified atom stereocenters. The number of rotatable bonds is 4. The van der Waals surface area contributed by atoms with E-state index in [0.717, 1.165) is 24.2 Å². The lowest BCUT2D eigenvalue weighted by Crippen LogP contribution is -2.15. The third kappa shape index (κ3) is 2.24. The molecule has 1 atom stereocenters. The van der Waals surface area contributed by atoms with Crippen LogP contribution in [0, 0.1) is 0 Å². The van der Waals surface area contributed by atoms with Crippen molar-refractivity contribution in [3.8, 4) is 0 Å². The molecule has 3 aromatic rings. The van der Waals surface area contributed by atoms with Crippen LogP contribution in [0.4, 0.5) is 0 Å². The molecule has 5 nitrogen and oxygen atoms in total. The number of aryl methyl sites for hydroxylation is 1. The normalized spacial score (nSPS) is 12.9. The molecule has 4 N–H and O–H groups in total. The number of para-hydroxylation sites is 1. The van der Waals surface area contributed by atoms with E-state index in [1.807, 2.05) is 25.3 Å². The Morgan fingerprint density at radius 2 is 2.16 bits per heavy atom. The zero-order chi connectivity index (χ0) is 13.2. The van der Waals surface area contributed by atoms with Crippen LogP contribution in [-0.4, -0.2) is 20.2 Å². The zero-order valence-corrected chi connectivity index (χ0v) is 10.9. The molecule has 0 fully saturated rings. The number of aromatic nitrogens is 4. The number of hydrogen-bond donors (Lipinski definition) is 3. The van der Waals surface area contributed by atoms with Crippen LogP contribution in [0.15, 0.2) is 30.5 Å². The van der Waals surface area contributed by atoms with Crippen LogP contribution in [0.3, 0.4) is 0 Å². The lowest BCUT2D eigenvalue weighted by Gasteiger charge is -2.06. The second-order valence-electron chi connectivity index (χ2n) is 4.66. The Bertz CT molecular complexity index is 682. The SMILES string of the molecule is CCc1nc([C@@H](N)Cc2c[nH]c3ccccc23)n[nH]1. The lowest BCUT2D eigenvalue weighted by atomic mass is 10.1. The van der Waals surface area contributed by atoms with Gasteiger partial charge in [0.05, 0.1) is 6.04 Å². The van der Waals surface area contributed by atoms with Gasteiger partial charge in [-0.1, -0.05) is 25.1 Å². The predicted molar refractivity (Wildman–Crippen MR) is 74.7 cm³/mol. The van der Waals surface area contributed by atoms with E-state index in [9.17, 15) is 0 Å². The van der Waals surface area contributed by atoms with Gasteiger partial charge < -0.3 is 10.7 Å². The van der Waals surface area contributed by atoms with Crippen LogP contribution in [0.25, 0.3) is 10.9 Å². The Morgan fingerprint density at radius 1 is 1.32 bits per heavy atom. The summed E-state index contributed by atoms with van der Waals surface area (Å²) in [6.07, 6.45) is 3.58. The summed E-state index contributed by atoms with van der Waals surface area (Å²) in [5.74, 6) is 1.56. The number of hydrogen-bond acceptors (Lipinski definition) is 3. The maximum Gasteiger partial charge on any atom is 0.167 e. The molecule has 0 bridgehead atoms. The van der Waals surface area contributed by atoms with Crippen molar-refractivity contribution >= 4 is 10.9 Å². The summed E-state index contributed by atoms with van der Waals surface area (Å²) < 4.78 is 0. The fourth-order valence-electron chi connectivity index (χ4n) is 2.26. The Hall–Kier alpha value is -2.14. The van der Waals surface area contributed by atoms with Crippen molar-refractivity contribution in [3.05, 3.63) is 47.7 Å². The molecule has 2 aromatic heterocycles. The molecule has 0 saturated heterocycles. The largest absolute Gasteiger partial charge is 0.361 e. The molecule has 0 radical (unpaired) electrons. The van der Waals surface area contributed by atoms with Gasteiger partial charge in [-0.05, 0) is 18.1 Å². The number of H-pyrrole nitrogens is 2.